The molecule has 156 valence electrons. The number of ether oxygens (including phenoxy) is 1. The van der Waals surface area contributed by atoms with E-state index in [1.54, 1.807) is 11.8 Å². The monoisotopic (exact) mass is 508 g/mol. The lowest BCUT2D eigenvalue weighted by molar-refractivity contribution is -0.141. The Kier molecular flexibility index (Phi) is 9.44. The standard InChI is InChI=1S/C23H29IN2O3/c1-4-17(2)25-23(28)18(3)26(15-14-19-8-6-5-7-9-19)22(27)16-29-21-12-10-20(24)11-13-21/h5-13,17-18H,4,14-16H2,1-3H3,(H,25,28)/t17-,18-/m0/s1. The topological polar surface area (TPSA) is 58.6 Å². The molecule has 0 aliphatic heterocycles. The SMILES string of the molecule is CC[C@H](C)NC(=O)[C@H](C)N(CCc1ccccc1)C(=O)COc1ccc(I)cc1. The molecule has 6 heteroatoms. The minimum Gasteiger partial charge on any atom is -0.484 e. The molecule has 2 atom stereocenters. The highest BCUT2D eigenvalue weighted by atomic mass is 127. The van der Waals surface area contributed by atoms with Crippen LogP contribution in [0.2, 0.25) is 0 Å². The number of nitrogens with zero attached hydrogens (tertiary/aromatic N) is 1. The number of nitrogens with one attached hydrogen (secondary N) is 1. The first-order chi connectivity index (χ1) is 13.9. The zero-order chi connectivity index (χ0) is 21.2. The predicted octanol–water partition coefficient (Wildman–Crippen LogP) is 4.04. The van der Waals surface area contributed by atoms with Gasteiger partial charge in [0.05, 0.1) is 0 Å². The van der Waals surface area contributed by atoms with Crippen molar-refractivity contribution >= 4 is 34.4 Å². The molecule has 0 unspecified atom stereocenters. The average molecular weight is 508 g/mol. The van der Waals surface area contributed by atoms with Gasteiger partial charge in [0.15, 0.2) is 6.61 Å². The van der Waals surface area contributed by atoms with Gasteiger partial charge in [0.1, 0.15) is 11.8 Å². The molecule has 2 aromatic carbocycles. The molecule has 0 saturated carbocycles. The summed E-state index contributed by atoms with van der Waals surface area (Å²) in [5.41, 5.74) is 1.12. The molecule has 2 rings (SSSR count). The van der Waals surface area contributed by atoms with Gasteiger partial charge in [-0.3, -0.25) is 9.59 Å². The summed E-state index contributed by atoms with van der Waals surface area (Å²) in [7, 11) is 0. The van der Waals surface area contributed by atoms with Crippen LogP contribution in [0.15, 0.2) is 54.6 Å². The van der Waals surface area contributed by atoms with E-state index in [0.717, 1.165) is 15.6 Å². The van der Waals surface area contributed by atoms with Crippen LogP contribution in [0.1, 0.15) is 32.8 Å². The minimum absolute atomic E-state index is 0.0686. The third-order valence-corrected chi connectivity index (χ3v) is 5.55. The third kappa shape index (κ3) is 7.68. The highest BCUT2D eigenvalue weighted by molar-refractivity contribution is 14.1. The van der Waals surface area contributed by atoms with Gasteiger partial charge in [0, 0.05) is 16.2 Å². The van der Waals surface area contributed by atoms with Gasteiger partial charge in [0.2, 0.25) is 5.91 Å². The van der Waals surface area contributed by atoms with E-state index in [9.17, 15) is 9.59 Å². The number of benzene rings is 2. The molecule has 5 nitrogen and oxygen atoms in total. The van der Waals surface area contributed by atoms with Crippen LogP contribution >= 0.6 is 22.6 Å². The van der Waals surface area contributed by atoms with Gasteiger partial charge in [-0.2, -0.15) is 0 Å². The van der Waals surface area contributed by atoms with Crippen molar-refractivity contribution in [2.75, 3.05) is 13.2 Å². The first-order valence-electron chi connectivity index (χ1n) is 9.92. The summed E-state index contributed by atoms with van der Waals surface area (Å²) in [6.45, 7) is 6.10. The molecule has 0 heterocycles. The van der Waals surface area contributed by atoms with Crippen LogP contribution < -0.4 is 10.1 Å². The second-order valence-electron chi connectivity index (χ2n) is 7.06. The molecule has 2 amide bonds. The minimum atomic E-state index is -0.569. The van der Waals surface area contributed by atoms with Crippen LogP contribution in [0.25, 0.3) is 0 Å². The molecule has 0 aliphatic carbocycles. The van der Waals surface area contributed by atoms with Crippen molar-refractivity contribution in [3.8, 4) is 5.75 Å². The van der Waals surface area contributed by atoms with Crippen molar-refractivity contribution in [3.05, 3.63) is 63.7 Å². The van der Waals surface area contributed by atoms with E-state index < -0.39 is 6.04 Å². The van der Waals surface area contributed by atoms with Crippen molar-refractivity contribution in [1.29, 1.82) is 0 Å². The van der Waals surface area contributed by atoms with E-state index in [1.807, 2.05) is 68.4 Å². The average Bonchev–Trinajstić information content (AvgIpc) is 2.73. The van der Waals surface area contributed by atoms with Gasteiger partial charge in [-0.25, -0.2) is 0 Å². The first-order valence-corrected chi connectivity index (χ1v) is 11.0. The molecule has 0 spiro atoms. The number of hydrogen-bond acceptors (Lipinski definition) is 3. The highest BCUT2D eigenvalue weighted by Crippen LogP contribution is 2.14. The van der Waals surface area contributed by atoms with Gasteiger partial charge in [0.25, 0.3) is 5.91 Å². The highest BCUT2D eigenvalue weighted by Gasteiger charge is 2.26. The second kappa shape index (κ2) is 11.8. The molecule has 1 N–H and O–H groups in total. The fourth-order valence-electron chi connectivity index (χ4n) is 2.79. The largest absolute Gasteiger partial charge is 0.484 e. The van der Waals surface area contributed by atoms with Crippen LogP contribution in [0.4, 0.5) is 0 Å². The number of hydrogen-bond donors (Lipinski definition) is 1. The lowest BCUT2D eigenvalue weighted by Gasteiger charge is -2.29. The Hall–Kier alpha value is -2.09. The maximum Gasteiger partial charge on any atom is 0.261 e. The van der Waals surface area contributed by atoms with Crippen LogP contribution in [0.5, 0.6) is 5.75 Å². The lowest BCUT2D eigenvalue weighted by atomic mass is 10.1. The van der Waals surface area contributed by atoms with Gasteiger partial charge >= 0.3 is 0 Å². The summed E-state index contributed by atoms with van der Waals surface area (Å²) < 4.78 is 6.76. The molecule has 0 aromatic heterocycles. The van der Waals surface area contributed by atoms with Crippen LogP contribution in [-0.4, -0.2) is 41.9 Å². The third-order valence-electron chi connectivity index (χ3n) is 4.83. The van der Waals surface area contributed by atoms with Crippen LogP contribution in [0.3, 0.4) is 0 Å². The van der Waals surface area contributed by atoms with E-state index in [1.165, 1.54) is 0 Å². The van der Waals surface area contributed by atoms with E-state index in [4.69, 9.17) is 4.74 Å². The maximum atomic E-state index is 12.9. The molecular formula is C23H29IN2O3. The fraction of sp³-hybridized carbons (Fsp3) is 0.391. The molecule has 0 aliphatic rings. The molecule has 0 radical (unpaired) electrons. The Balaban J connectivity index is 2.05. The second-order valence-corrected chi connectivity index (χ2v) is 8.30. The van der Waals surface area contributed by atoms with Gasteiger partial charge in [-0.15, -0.1) is 0 Å². The number of carbonyl (C=O) groups excluding carboxylic acids is 2. The Morgan fingerprint density at radius 2 is 1.72 bits per heavy atom. The van der Waals surface area contributed by atoms with E-state index in [0.29, 0.717) is 18.7 Å². The lowest BCUT2D eigenvalue weighted by Crippen LogP contribution is -2.51. The first kappa shape index (κ1) is 23.2. The van der Waals surface area contributed by atoms with Crippen molar-refractivity contribution in [3.63, 3.8) is 0 Å². The van der Waals surface area contributed by atoms with E-state index >= 15 is 0 Å². The summed E-state index contributed by atoms with van der Waals surface area (Å²) in [6, 6.07) is 17.0. The summed E-state index contributed by atoms with van der Waals surface area (Å²) >= 11 is 2.22. The molecule has 0 bridgehead atoms. The summed E-state index contributed by atoms with van der Waals surface area (Å²) in [5.74, 6) is 0.291. The smallest absolute Gasteiger partial charge is 0.261 e. The van der Waals surface area contributed by atoms with Crippen LogP contribution in [-0.2, 0) is 16.0 Å². The van der Waals surface area contributed by atoms with Crippen LogP contribution in [0, 0.1) is 3.57 Å². The van der Waals surface area contributed by atoms with E-state index in [-0.39, 0.29) is 24.5 Å². The Morgan fingerprint density at radius 1 is 1.07 bits per heavy atom. The molecular weight excluding hydrogens is 479 g/mol. The molecule has 2 aromatic rings. The van der Waals surface area contributed by atoms with Crippen molar-refractivity contribution in [2.24, 2.45) is 0 Å². The molecule has 29 heavy (non-hydrogen) atoms. The van der Waals surface area contributed by atoms with Gasteiger partial charge in [-0.1, -0.05) is 37.3 Å². The number of amides is 2. The fourth-order valence-corrected chi connectivity index (χ4v) is 3.15. The van der Waals surface area contributed by atoms with Crippen molar-refractivity contribution < 1.29 is 14.3 Å². The van der Waals surface area contributed by atoms with Crippen molar-refractivity contribution in [1.82, 2.24) is 10.2 Å². The maximum absolute atomic E-state index is 12.9. The number of carbonyl (C=O) groups is 2. The molecule has 0 fully saturated rings. The number of rotatable bonds is 10. The molecule has 0 saturated heterocycles. The Morgan fingerprint density at radius 3 is 2.34 bits per heavy atom. The van der Waals surface area contributed by atoms with Gasteiger partial charge in [-0.05, 0) is 79.1 Å². The van der Waals surface area contributed by atoms with Crippen molar-refractivity contribution in [2.45, 2.75) is 45.7 Å². The van der Waals surface area contributed by atoms with Gasteiger partial charge < -0.3 is 15.0 Å². The summed E-state index contributed by atoms with van der Waals surface area (Å²) in [6.07, 6.45) is 1.52. The normalized spacial score (nSPS) is 12.7. The van der Waals surface area contributed by atoms with E-state index in [2.05, 4.69) is 27.9 Å². The zero-order valence-corrected chi connectivity index (χ0v) is 19.4. The predicted molar refractivity (Wildman–Crippen MR) is 124 cm³/mol. The Bertz CT molecular complexity index is 780. The quantitative estimate of drug-likeness (QED) is 0.493. The zero-order valence-electron chi connectivity index (χ0n) is 17.2. The summed E-state index contributed by atoms with van der Waals surface area (Å²) in [5, 5.41) is 2.97. The Labute approximate surface area is 187 Å². The number of halogens is 1. The summed E-state index contributed by atoms with van der Waals surface area (Å²) in [4.78, 5) is 27.2.